The fraction of sp³-hybridized carbons (Fsp3) is 0.538. The van der Waals surface area contributed by atoms with Crippen molar-refractivity contribution in [2.45, 2.75) is 26.8 Å². The van der Waals surface area contributed by atoms with Crippen LogP contribution in [0.2, 0.25) is 0 Å². The van der Waals surface area contributed by atoms with Gasteiger partial charge in [0.25, 0.3) is 0 Å². The minimum absolute atomic E-state index is 0.0375. The van der Waals surface area contributed by atoms with E-state index >= 15 is 0 Å². The molecule has 1 aromatic rings. The van der Waals surface area contributed by atoms with Gasteiger partial charge in [0.2, 0.25) is 0 Å². The highest BCUT2D eigenvalue weighted by Crippen LogP contribution is 2.25. The third-order valence-corrected chi connectivity index (χ3v) is 4.42. The van der Waals surface area contributed by atoms with Crippen molar-refractivity contribution in [1.82, 2.24) is 0 Å². The van der Waals surface area contributed by atoms with Crippen LogP contribution in [-0.2, 0) is 9.84 Å². The molecule has 102 valence electrons. The van der Waals surface area contributed by atoms with E-state index < -0.39 is 9.84 Å². The highest BCUT2D eigenvalue weighted by Gasteiger charge is 2.11. The summed E-state index contributed by atoms with van der Waals surface area (Å²) in [6.07, 6.45) is 0. The van der Waals surface area contributed by atoms with Gasteiger partial charge >= 0.3 is 0 Å². The lowest BCUT2D eigenvalue weighted by Gasteiger charge is -2.14. The first kappa shape index (κ1) is 15.0. The average Bonchev–Trinajstić information content (AvgIpc) is 2.28. The highest BCUT2D eigenvalue weighted by molar-refractivity contribution is 7.91. The van der Waals surface area contributed by atoms with Gasteiger partial charge in [-0.2, -0.15) is 0 Å². The van der Waals surface area contributed by atoms with Gasteiger partial charge in [0.1, 0.15) is 12.4 Å². The van der Waals surface area contributed by atoms with E-state index in [-0.39, 0.29) is 24.2 Å². The van der Waals surface area contributed by atoms with Gasteiger partial charge in [0, 0.05) is 17.4 Å². The summed E-state index contributed by atoms with van der Waals surface area (Å²) in [5, 5.41) is 0. The second-order valence-corrected chi connectivity index (χ2v) is 6.89. The van der Waals surface area contributed by atoms with E-state index in [1.165, 1.54) is 0 Å². The summed E-state index contributed by atoms with van der Waals surface area (Å²) >= 11 is 0. The molecule has 4 nitrogen and oxygen atoms in total. The van der Waals surface area contributed by atoms with Gasteiger partial charge in [-0.3, -0.25) is 0 Å². The van der Waals surface area contributed by atoms with Crippen LogP contribution in [0.3, 0.4) is 0 Å². The number of ether oxygens (including phenoxy) is 1. The van der Waals surface area contributed by atoms with Gasteiger partial charge < -0.3 is 10.5 Å². The van der Waals surface area contributed by atoms with Gasteiger partial charge in [-0.15, -0.1) is 0 Å². The van der Waals surface area contributed by atoms with E-state index in [2.05, 4.69) is 0 Å². The molecular formula is C13H21NO3S. The van der Waals surface area contributed by atoms with Crippen LogP contribution in [0.25, 0.3) is 0 Å². The number of rotatable bonds is 6. The molecule has 0 radical (unpaired) electrons. The molecule has 0 unspecified atom stereocenters. The number of sulfone groups is 1. The molecule has 0 aliphatic rings. The van der Waals surface area contributed by atoms with Crippen LogP contribution >= 0.6 is 0 Å². The molecule has 18 heavy (non-hydrogen) atoms. The molecule has 1 rings (SSSR count). The zero-order valence-electron chi connectivity index (χ0n) is 11.1. The van der Waals surface area contributed by atoms with Gasteiger partial charge in [0.05, 0.1) is 5.75 Å². The molecule has 2 N–H and O–H groups in total. The van der Waals surface area contributed by atoms with Gasteiger partial charge in [-0.1, -0.05) is 19.1 Å². The van der Waals surface area contributed by atoms with Crippen molar-refractivity contribution in [1.29, 1.82) is 0 Å². The van der Waals surface area contributed by atoms with Crippen LogP contribution in [0.15, 0.2) is 18.2 Å². The van der Waals surface area contributed by atoms with Crippen LogP contribution in [0.5, 0.6) is 5.75 Å². The summed E-state index contributed by atoms with van der Waals surface area (Å²) in [4.78, 5) is 0. The second kappa shape index (κ2) is 6.20. The third kappa shape index (κ3) is 4.31. The highest BCUT2D eigenvalue weighted by atomic mass is 32.2. The van der Waals surface area contributed by atoms with Crippen LogP contribution in [0.1, 0.15) is 31.0 Å². The Balaban J connectivity index is 2.75. The van der Waals surface area contributed by atoms with E-state index in [4.69, 9.17) is 10.5 Å². The fourth-order valence-corrected chi connectivity index (χ4v) is 2.19. The van der Waals surface area contributed by atoms with E-state index in [1.807, 2.05) is 32.0 Å². The Bertz CT molecular complexity index is 495. The lowest BCUT2D eigenvalue weighted by Crippen LogP contribution is -2.17. The van der Waals surface area contributed by atoms with Crippen molar-refractivity contribution in [3.8, 4) is 5.75 Å². The maximum atomic E-state index is 11.4. The first-order chi connectivity index (χ1) is 8.35. The topological polar surface area (TPSA) is 69.4 Å². The molecule has 0 aromatic heterocycles. The van der Waals surface area contributed by atoms with Gasteiger partial charge in [-0.25, -0.2) is 8.42 Å². The molecule has 0 aliphatic carbocycles. The zero-order chi connectivity index (χ0) is 13.8. The lowest BCUT2D eigenvalue weighted by molar-refractivity contribution is 0.335. The normalized spacial score (nSPS) is 13.3. The maximum absolute atomic E-state index is 11.4. The standard InChI is InChI=1S/C13H21NO3S/c1-4-18(15,16)8-7-17-13-9-10(2)5-6-12(13)11(3)14/h5-6,9,11H,4,7-8,14H2,1-3H3/t11-/m0/s1. The molecule has 0 spiro atoms. The quantitative estimate of drug-likeness (QED) is 0.857. The average molecular weight is 271 g/mol. The molecule has 0 bridgehead atoms. The summed E-state index contributed by atoms with van der Waals surface area (Å²) in [5.74, 6) is 0.858. The number of nitrogens with two attached hydrogens (primary N) is 1. The Labute approximate surface area is 109 Å². The molecule has 1 atom stereocenters. The number of hydrogen-bond acceptors (Lipinski definition) is 4. The Morgan fingerprint density at radius 3 is 2.61 bits per heavy atom. The minimum Gasteiger partial charge on any atom is -0.492 e. The SMILES string of the molecule is CCS(=O)(=O)CCOc1cc(C)ccc1[C@H](C)N. The Morgan fingerprint density at radius 2 is 2.06 bits per heavy atom. The molecule has 0 saturated heterocycles. The number of hydrogen-bond donors (Lipinski definition) is 1. The van der Waals surface area contributed by atoms with Crippen LogP contribution in [0.4, 0.5) is 0 Å². The molecule has 0 fully saturated rings. The van der Waals surface area contributed by atoms with E-state index in [0.717, 1.165) is 11.1 Å². The molecular weight excluding hydrogens is 250 g/mol. The van der Waals surface area contributed by atoms with Crippen molar-refractivity contribution in [2.75, 3.05) is 18.1 Å². The Morgan fingerprint density at radius 1 is 1.39 bits per heavy atom. The Hall–Kier alpha value is -1.07. The molecule has 1 aromatic carbocycles. The van der Waals surface area contributed by atoms with Crippen LogP contribution in [-0.4, -0.2) is 26.5 Å². The summed E-state index contributed by atoms with van der Waals surface area (Å²) in [6.45, 7) is 5.63. The van der Waals surface area contributed by atoms with E-state index in [0.29, 0.717) is 5.75 Å². The van der Waals surface area contributed by atoms with E-state index in [9.17, 15) is 8.42 Å². The summed E-state index contributed by atoms with van der Waals surface area (Å²) in [5.41, 5.74) is 7.81. The van der Waals surface area contributed by atoms with Crippen LogP contribution in [0, 0.1) is 6.92 Å². The lowest BCUT2D eigenvalue weighted by atomic mass is 10.1. The molecule has 0 aliphatic heterocycles. The van der Waals surface area contributed by atoms with Crippen molar-refractivity contribution < 1.29 is 13.2 Å². The molecule has 5 heteroatoms. The van der Waals surface area contributed by atoms with Crippen molar-refractivity contribution in [3.05, 3.63) is 29.3 Å². The number of benzene rings is 1. The van der Waals surface area contributed by atoms with Crippen molar-refractivity contribution in [2.24, 2.45) is 5.73 Å². The first-order valence-corrected chi connectivity index (χ1v) is 7.87. The summed E-state index contributed by atoms with van der Waals surface area (Å²) < 4.78 is 28.3. The largest absolute Gasteiger partial charge is 0.492 e. The number of aryl methyl sites for hydroxylation is 1. The van der Waals surface area contributed by atoms with Crippen molar-refractivity contribution in [3.63, 3.8) is 0 Å². The molecule has 0 heterocycles. The molecule has 0 amide bonds. The summed E-state index contributed by atoms with van der Waals surface area (Å²) in [7, 11) is -2.99. The smallest absolute Gasteiger partial charge is 0.153 e. The second-order valence-electron chi connectivity index (χ2n) is 4.41. The summed E-state index contributed by atoms with van der Waals surface area (Å²) in [6, 6.07) is 5.64. The predicted octanol–water partition coefficient (Wildman–Crippen LogP) is 1.83. The minimum atomic E-state index is -2.99. The predicted molar refractivity (Wildman–Crippen MR) is 73.6 cm³/mol. The Kier molecular flexibility index (Phi) is 5.16. The van der Waals surface area contributed by atoms with Crippen molar-refractivity contribution >= 4 is 9.84 Å². The van der Waals surface area contributed by atoms with Crippen LogP contribution < -0.4 is 10.5 Å². The monoisotopic (exact) mass is 271 g/mol. The fourth-order valence-electron chi connectivity index (χ4n) is 1.57. The zero-order valence-corrected chi connectivity index (χ0v) is 12.0. The first-order valence-electron chi connectivity index (χ1n) is 6.05. The maximum Gasteiger partial charge on any atom is 0.153 e. The van der Waals surface area contributed by atoms with E-state index in [1.54, 1.807) is 6.92 Å². The third-order valence-electron chi connectivity index (χ3n) is 2.75. The van der Waals surface area contributed by atoms with Gasteiger partial charge in [-0.05, 0) is 25.5 Å². The van der Waals surface area contributed by atoms with Gasteiger partial charge in [0.15, 0.2) is 9.84 Å². The molecule has 0 saturated carbocycles.